The number of nitrogens with zero attached hydrogens (tertiary/aromatic N) is 1. The Morgan fingerprint density at radius 2 is 2.00 bits per heavy atom. The first-order chi connectivity index (χ1) is 13.6. The van der Waals surface area contributed by atoms with Crippen molar-refractivity contribution in [3.8, 4) is 0 Å². The second-order valence-corrected chi connectivity index (χ2v) is 9.12. The van der Waals surface area contributed by atoms with Gasteiger partial charge < -0.3 is 15.2 Å². The summed E-state index contributed by atoms with van der Waals surface area (Å²) >= 11 is 3.21. The number of nitrogens with one attached hydrogen (secondary N) is 2. The molecule has 1 aliphatic carbocycles. The van der Waals surface area contributed by atoms with Gasteiger partial charge in [-0.2, -0.15) is 0 Å². The third-order valence-electron chi connectivity index (χ3n) is 5.23. The van der Waals surface area contributed by atoms with Gasteiger partial charge in [-0.25, -0.2) is 0 Å². The molecule has 0 saturated carbocycles. The second kappa shape index (κ2) is 8.09. The molecule has 0 bridgehead atoms. The lowest BCUT2D eigenvalue weighted by Crippen LogP contribution is -2.26. The van der Waals surface area contributed by atoms with Gasteiger partial charge in [0.05, 0.1) is 15.8 Å². The minimum absolute atomic E-state index is 0.0663. The van der Waals surface area contributed by atoms with E-state index in [1.54, 1.807) is 22.7 Å². The smallest absolute Gasteiger partial charge is 0.272 e. The number of fused-ring (bicyclic) bond motifs is 2. The van der Waals surface area contributed by atoms with E-state index >= 15 is 0 Å². The van der Waals surface area contributed by atoms with Crippen molar-refractivity contribution in [1.29, 1.82) is 0 Å². The van der Waals surface area contributed by atoms with Gasteiger partial charge in [0.25, 0.3) is 11.8 Å². The summed E-state index contributed by atoms with van der Waals surface area (Å²) in [4.78, 5) is 27.2. The molecule has 1 aliphatic rings. The fourth-order valence-electron chi connectivity index (χ4n) is 3.89. The molecule has 2 amide bonds. The largest absolute Gasteiger partial charge is 0.352 e. The summed E-state index contributed by atoms with van der Waals surface area (Å²) in [6, 6.07) is 4.00. The topological polar surface area (TPSA) is 63.1 Å². The van der Waals surface area contributed by atoms with Gasteiger partial charge in [0, 0.05) is 18.0 Å². The van der Waals surface area contributed by atoms with Crippen LogP contribution in [0.5, 0.6) is 0 Å². The average molecular weight is 416 g/mol. The first-order valence-electron chi connectivity index (χ1n) is 9.94. The third kappa shape index (κ3) is 3.37. The Morgan fingerprint density at radius 1 is 1.18 bits per heavy atom. The van der Waals surface area contributed by atoms with Crippen LogP contribution in [0.3, 0.4) is 0 Å². The summed E-state index contributed by atoms with van der Waals surface area (Å²) in [5.74, 6) is -0.211. The normalized spacial score (nSPS) is 13.5. The van der Waals surface area contributed by atoms with Crippen LogP contribution < -0.4 is 10.6 Å². The van der Waals surface area contributed by atoms with E-state index in [1.165, 1.54) is 4.88 Å². The molecular weight excluding hydrogens is 390 g/mol. The van der Waals surface area contributed by atoms with Crippen LogP contribution in [0.2, 0.25) is 0 Å². The summed E-state index contributed by atoms with van der Waals surface area (Å²) in [6.07, 6.45) is 5.04. The van der Waals surface area contributed by atoms with Crippen LogP contribution in [-0.2, 0) is 19.4 Å². The molecule has 0 saturated heterocycles. The van der Waals surface area contributed by atoms with E-state index < -0.39 is 0 Å². The van der Waals surface area contributed by atoms with Crippen LogP contribution in [-0.4, -0.2) is 22.9 Å². The van der Waals surface area contributed by atoms with E-state index in [2.05, 4.69) is 10.6 Å². The monoisotopic (exact) mass is 415 g/mol. The molecule has 0 fully saturated rings. The molecule has 0 atom stereocenters. The first kappa shape index (κ1) is 19.2. The number of amides is 2. The maximum atomic E-state index is 13.1. The predicted molar refractivity (Wildman–Crippen MR) is 117 cm³/mol. The molecule has 3 aromatic heterocycles. The minimum atomic E-state index is -0.145. The van der Waals surface area contributed by atoms with Crippen molar-refractivity contribution in [2.75, 3.05) is 11.9 Å². The molecule has 0 radical (unpaired) electrons. The Kier molecular flexibility index (Phi) is 5.55. The van der Waals surface area contributed by atoms with E-state index in [0.717, 1.165) is 54.4 Å². The number of anilines is 1. The number of thiophene rings is 2. The molecule has 0 aliphatic heterocycles. The molecule has 7 heteroatoms. The highest BCUT2D eigenvalue weighted by Crippen LogP contribution is 2.38. The van der Waals surface area contributed by atoms with Gasteiger partial charge in [-0.1, -0.05) is 6.92 Å². The Bertz CT molecular complexity index is 1030. The highest BCUT2D eigenvalue weighted by Gasteiger charge is 2.27. The van der Waals surface area contributed by atoms with Gasteiger partial charge in [0.1, 0.15) is 10.7 Å². The standard InChI is InChI=1S/C21H25N3O2S2/c1-3-10-22-20(26)18-13-7-5-6-8-16(13)28-21(18)23-19(25)15-12-17-14(9-11-27-17)24(15)4-2/h9,11-12H,3-8,10H2,1-2H3,(H,22,26)(H,23,25). The van der Waals surface area contributed by atoms with Crippen LogP contribution in [0, 0.1) is 0 Å². The molecule has 0 unspecified atom stereocenters. The third-order valence-corrected chi connectivity index (χ3v) is 7.29. The van der Waals surface area contributed by atoms with Crippen LogP contribution in [0.25, 0.3) is 10.2 Å². The first-order valence-corrected chi connectivity index (χ1v) is 11.6. The van der Waals surface area contributed by atoms with E-state index in [9.17, 15) is 9.59 Å². The number of aromatic nitrogens is 1. The fraction of sp³-hybridized carbons (Fsp3) is 0.429. The van der Waals surface area contributed by atoms with Crippen molar-refractivity contribution in [1.82, 2.24) is 9.88 Å². The molecule has 0 spiro atoms. The SMILES string of the molecule is CCCNC(=O)c1c(NC(=O)c2cc3sccc3n2CC)sc2c1CCCC2. The van der Waals surface area contributed by atoms with Crippen LogP contribution >= 0.6 is 22.7 Å². The zero-order valence-electron chi connectivity index (χ0n) is 16.3. The van der Waals surface area contributed by atoms with Gasteiger partial charge in [0.15, 0.2) is 0 Å². The lowest BCUT2D eigenvalue weighted by molar-refractivity contribution is 0.0954. The summed E-state index contributed by atoms with van der Waals surface area (Å²) in [5.41, 5.74) is 3.55. The van der Waals surface area contributed by atoms with E-state index in [-0.39, 0.29) is 11.8 Å². The predicted octanol–water partition coefficient (Wildman–Crippen LogP) is 5.06. The maximum absolute atomic E-state index is 13.1. The summed E-state index contributed by atoms with van der Waals surface area (Å²) in [6.45, 7) is 5.46. The molecule has 3 heterocycles. The van der Waals surface area contributed by atoms with Crippen molar-refractivity contribution in [2.45, 2.75) is 52.5 Å². The van der Waals surface area contributed by atoms with E-state index in [1.807, 2.05) is 35.9 Å². The maximum Gasteiger partial charge on any atom is 0.272 e. The Balaban J connectivity index is 1.68. The van der Waals surface area contributed by atoms with E-state index in [4.69, 9.17) is 0 Å². The average Bonchev–Trinajstić information content (AvgIpc) is 3.37. The lowest BCUT2D eigenvalue weighted by Gasteiger charge is -2.13. The summed E-state index contributed by atoms with van der Waals surface area (Å²) in [7, 11) is 0. The Labute approximate surface area is 172 Å². The van der Waals surface area contributed by atoms with Crippen molar-refractivity contribution >= 4 is 49.7 Å². The Hall–Kier alpha value is -2.12. The van der Waals surface area contributed by atoms with Gasteiger partial charge in [-0.3, -0.25) is 9.59 Å². The van der Waals surface area contributed by atoms with E-state index in [0.29, 0.717) is 22.8 Å². The Morgan fingerprint density at radius 3 is 2.79 bits per heavy atom. The second-order valence-electron chi connectivity index (χ2n) is 7.07. The summed E-state index contributed by atoms with van der Waals surface area (Å²) < 4.78 is 3.14. The van der Waals surface area contributed by atoms with Crippen LogP contribution in [0.4, 0.5) is 5.00 Å². The fourth-order valence-corrected chi connectivity index (χ4v) is 6.00. The quantitative estimate of drug-likeness (QED) is 0.591. The highest BCUT2D eigenvalue weighted by molar-refractivity contribution is 7.17. The number of carbonyl (C=O) groups excluding carboxylic acids is 2. The molecule has 28 heavy (non-hydrogen) atoms. The number of aryl methyl sites for hydroxylation is 2. The minimum Gasteiger partial charge on any atom is -0.352 e. The molecule has 4 rings (SSSR count). The molecule has 2 N–H and O–H groups in total. The molecular formula is C21H25N3O2S2. The highest BCUT2D eigenvalue weighted by atomic mass is 32.1. The lowest BCUT2D eigenvalue weighted by atomic mass is 9.95. The van der Waals surface area contributed by atoms with Crippen LogP contribution in [0.1, 0.15) is 64.4 Å². The molecule has 148 valence electrons. The van der Waals surface area contributed by atoms with Gasteiger partial charge >= 0.3 is 0 Å². The van der Waals surface area contributed by atoms with Gasteiger partial charge in [-0.05, 0) is 62.1 Å². The molecule has 5 nitrogen and oxygen atoms in total. The van der Waals surface area contributed by atoms with Crippen molar-refractivity contribution in [3.63, 3.8) is 0 Å². The number of carbonyl (C=O) groups is 2. The number of hydrogen-bond donors (Lipinski definition) is 2. The summed E-state index contributed by atoms with van der Waals surface area (Å²) in [5, 5.41) is 8.80. The van der Waals surface area contributed by atoms with Crippen molar-refractivity contribution < 1.29 is 9.59 Å². The number of hydrogen-bond acceptors (Lipinski definition) is 4. The van der Waals surface area contributed by atoms with Gasteiger partial charge in [-0.15, -0.1) is 22.7 Å². The number of rotatable bonds is 6. The zero-order valence-corrected chi connectivity index (χ0v) is 17.9. The van der Waals surface area contributed by atoms with Crippen LogP contribution in [0.15, 0.2) is 17.5 Å². The molecule has 0 aromatic carbocycles. The molecule has 3 aromatic rings. The van der Waals surface area contributed by atoms with Crippen molar-refractivity contribution in [3.05, 3.63) is 39.2 Å². The van der Waals surface area contributed by atoms with Crippen molar-refractivity contribution in [2.24, 2.45) is 0 Å². The van der Waals surface area contributed by atoms with Gasteiger partial charge in [0.2, 0.25) is 0 Å². The zero-order chi connectivity index (χ0) is 19.7.